The van der Waals surface area contributed by atoms with E-state index in [1.54, 1.807) is 19.3 Å². The molecule has 0 atom stereocenters. The highest BCUT2D eigenvalue weighted by Gasteiger charge is 2.18. The van der Waals surface area contributed by atoms with Crippen LogP contribution in [0, 0.1) is 20.8 Å². The maximum absolute atomic E-state index is 12.9. The zero-order valence-corrected chi connectivity index (χ0v) is 26.4. The van der Waals surface area contributed by atoms with Crippen LogP contribution in [0.1, 0.15) is 66.2 Å². The molecule has 0 spiro atoms. The standard InChI is InChI=1S/C35H43N5O4/c1-6-36-34(42)30-20-28-29(21-39(5)35(43)32(28)38-30)25-15-22(2)16-27(19-25)44-33-23(3)17-26(18-24(33)4)37-31(41)11-10-14-40-12-8-7-9-13-40/h15-21,38H,6-14H2,1-5H3,(H,36,42)(H,37,41). The number of anilines is 1. The van der Waals surface area contributed by atoms with Gasteiger partial charge in [0, 0.05) is 42.8 Å². The maximum Gasteiger partial charge on any atom is 0.274 e. The van der Waals surface area contributed by atoms with E-state index in [1.165, 1.54) is 23.8 Å². The van der Waals surface area contributed by atoms with Gasteiger partial charge in [0.1, 0.15) is 22.7 Å². The van der Waals surface area contributed by atoms with Crippen LogP contribution in [0.2, 0.25) is 0 Å². The fraction of sp³-hybridized carbons (Fsp3) is 0.400. The molecule has 0 bridgehead atoms. The molecule has 0 aliphatic carbocycles. The molecule has 3 heterocycles. The third-order valence-electron chi connectivity index (χ3n) is 8.20. The number of likely N-dealkylation sites (tertiary alicyclic amines) is 1. The largest absolute Gasteiger partial charge is 0.457 e. The summed E-state index contributed by atoms with van der Waals surface area (Å²) in [6, 6.07) is 11.6. The summed E-state index contributed by atoms with van der Waals surface area (Å²) in [6.07, 6.45) is 6.98. The van der Waals surface area contributed by atoms with Crippen LogP contribution in [0.15, 0.2) is 47.4 Å². The molecule has 232 valence electrons. The van der Waals surface area contributed by atoms with Gasteiger partial charge in [-0.05, 0) is 119 Å². The molecule has 0 saturated carbocycles. The average molecular weight is 598 g/mol. The van der Waals surface area contributed by atoms with E-state index in [9.17, 15) is 14.4 Å². The monoisotopic (exact) mass is 597 g/mol. The lowest BCUT2D eigenvalue weighted by Gasteiger charge is -2.26. The molecule has 1 aliphatic heterocycles. The molecular formula is C35H43N5O4. The predicted molar refractivity (Wildman–Crippen MR) is 176 cm³/mol. The van der Waals surface area contributed by atoms with Gasteiger partial charge in [0.05, 0.1) is 0 Å². The molecule has 2 amide bonds. The number of benzene rings is 2. The number of aryl methyl sites for hydroxylation is 4. The first-order chi connectivity index (χ1) is 21.1. The quantitative estimate of drug-likeness (QED) is 0.202. The number of nitrogens with zero attached hydrogens (tertiary/aromatic N) is 2. The Morgan fingerprint density at radius 1 is 0.977 bits per heavy atom. The van der Waals surface area contributed by atoms with Gasteiger partial charge in [0.15, 0.2) is 0 Å². The first-order valence-corrected chi connectivity index (χ1v) is 15.6. The number of hydrogen-bond acceptors (Lipinski definition) is 5. The van der Waals surface area contributed by atoms with E-state index in [0.29, 0.717) is 35.3 Å². The van der Waals surface area contributed by atoms with Crippen LogP contribution in [0.4, 0.5) is 5.69 Å². The van der Waals surface area contributed by atoms with Crippen molar-refractivity contribution in [2.45, 2.75) is 59.8 Å². The highest BCUT2D eigenvalue weighted by molar-refractivity contribution is 6.02. The third kappa shape index (κ3) is 7.05. The van der Waals surface area contributed by atoms with Crippen LogP contribution in [0.5, 0.6) is 11.5 Å². The Morgan fingerprint density at radius 3 is 2.41 bits per heavy atom. The zero-order valence-electron chi connectivity index (χ0n) is 26.4. The average Bonchev–Trinajstić information content (AvgIpc) is 3.43. The summed E-state index contributed by atoms with van der Waals surface area (Å²) in [5, 5.41) is 6.52. The van der Waals surface area contributed by atoms with Crippen molar-refractivity contribution in [1.29, 1.82) is 0 Å². The van der Waals surface area contributed by atoms with E-state index in [-0.39, 0.29) is 17.4 Å². The van der Waals surface area contributed by atoms with Gasteiger partial charge in [-0.2, -0.15) is 0 Å². The first-order valence-electron chi connectivity index (χ1n) is 15.6. The van der Waals surface area contributed by atoms with Gasteiger partial charge in [-0.3, -0.25) is 14.4 Å². The summed E-state index contributed by atoms with van der Waals surface area (Å²) in [5.41, 5.74) is 5.79. The molecule has 5 rings (SSSR count). The second-order valence-corrected chi connectivity index (χ2v) is 11.9. The molecule has 0 unspecified atom stereocenters. The molecule has 44 heavy (non-hydrogen) atoms. The fourth-order valence-electron chi connectivity index (χ4n) is 6.08. The van der Waals surface area contributed by atoms with Crippen LogP contribution in [-0.2, 0) is 11.8 Å². The highest BCUT2D eigenvalue weighted by Crippen LogP contribution is 2.36. The number of hydrogen-bond donors (Lipinski definition) is 3. The van der Waals surface area contributed by atoms with Crippen LogP contribution in [0.3, 0.4) is 0 Å². The summed E-state index contributed by atoms with van der Waals surface area (Å²) in [5.74, 6) is 1.16. The Kier molecular flexibility index (Phi) is 9.54. The Labute approximate surface area is 258 Å². The van der Waals surface area contributed by atoms with E-state index in [0.717, 1.165) is 65.3 Å². The summed E-state index contributed by atoms with van der Waals surface area (Å²) in [6.45, 7) is 11.5. The molecule has 1 aliphatic rings. The molecule has 3 N–H and O–H groups in total. The lowest BCUT2D eigenvalue weighted by Crippen LogP contribution is -2.31. The smallest absolute Gasteiger partial charge is 0.274 e. The number of ether oxygens (including phenoxy) is 1. The molecular weight excluding hydrogens is 554 g/mol. The maximum atomic E-state index is 12.9. The Bertz CT molecular complexity index is 1720. The van der Waals surface area contributed by atoms with Crippen molar-refractivity contribution in [3.63, 3.8) is 0 Å². The summed E-state index contributed by atoms with van der Waals surface area (Å²) in [4.78, 5) is 43.6. The molecule has 9 nitrogen and oxygen atoms in total. The highest BCUT2D eigenvalue weighted by atomic mass is 16.5. The SMILES string of the molecule is CCNC(=O)c1cc2c(-c3cc(C)cc(Oc4c(C)cc(NC(=O)CCCN5CCCCC5)cc4C)c3)cn(C)c(=O)c2[nH]1. The Balaban J connectivity index is 1.35. The Hall–Kier alpha value is -4.37. The minimum Gasteiger partial charge on any atom is -0.457 e. The number of aromatic nitrogens is 2. The van der Waals surface area contributed by atoms with Crippen LogP contribution >= 0.6 is 0 Å². The number of H-pyrrole nitrogens is 1. The fourth-order valence-corrected chi connectivity index (χ4v) is 6.08. The van der Waals surface area contributed by atoms with E-state index in [4.69, 9.17) is 4.74 Å². The van der Waals surface area contributed by atoms with Crippen molar-refractivity contribution in [3.05, 3.63) is 75.3 Å². The topological polar surface area (TPSA) is 108 Å². The van der Waals surface area contributed by atoms with E-state index in [2.05, 4.69) is 20.5 Å². The van der Waals surface area contributed by atoms with Gasteiger partial charge in [-0.1, -0.05) is 12.5 Å². The molecule has 0 radical (unpaired) electrons. The number of carbonyl (C=O) groups is 2. The van der Waals surface area contributed by atoms with Crippen molar-refractivity contribution in [1.82, 2.24) is 19.8 Å². The molecule has 2 aromatic heterocycles. The van der Waals surface area contributed by atoms with Gasteiger partial charge in [-0.25, -0.2) is 0 Å². The minimum absolute atomic E-state index is 0.0291. The van der Waals surface area contributed by atoms with E-state index >= 15 is 0 Å². The normalized spacial score (nSPS) is 13.7. The molecule has 1 fully saturated rings. The number of amides is 2. The lowest BCUT2D eigenvalue weighted by molar-refractivity contribution is -0.116. The predicted octanol–water partition coefficient (Wildman–Crippen LogP) is 6.21. The second kappa shape index (κ2) is 13.5. The van der Waals surface area contributed by atoms with Crippen molar-refractivity contribution >= 4 is 28.4 Å². The van der Waals surface area contributed by atoms with Crippen LogP contribution in [-0.4, -0.2) is 52.4 Å². The van der Waals surface area contributed by atoms with Gasteiger partial charge >= 0.3 is 0 Å². The summed E-state index contributed by atoms with van der Waals surface area (Å²) >= 11 is 0. The van der Waals surface area contributed by atoms with Crippen molar-refractivity contribution < 1.29 is 14.3 Å². The second-order valence-electron chi connectivity index (χ2n) is 11.9. The first kappa shape index (κ1) is 31.1. The molecule has 2 aromatic carbocycles. The lowest BCUT2D eigenvalue weighted by atomic mass is 10.0. The summed E-state index contributed by atoms with van der Waals surface area (Å²) < 4.78 is 7.98. The minimum atomic E-state index is -0.256. The van der Waals surface area contributed by atoms with Crippen molar-refractivity contribution in [2.75, 3.05) is 31.5 Å². The van der Waals surface area contributed by atoms with E-state index < -0.39 is 0 Å². The van der Waals surface area contributed by atoms with E-state index in [1.807, 2.05) is 58.0 Å². The number of rotatable bonds is 10. The zero-order chi connectivity index (χ0) is 31.4. The molecule has 1 saturated heterocycles. The van der Waals surface area contributed by atoms with Gasteiger partial charge in [0.2, 0.25) is 5.91 Å². The van der Waals surface area contributed by atoms with Crippen LogP contribution < -0.4 is 20.9 Å². The number of carbonyl (C=O) groups excluding carboxylic acids is 2. The number of aromatic amines is 1. The number of nitrogens with one attached hydrogen (secondary N) is 3. The van der Waals surface area contributed by atoms with Crippen molar-refractivity contribution in [3.8, 4) is 22.6 Å². The van der Waals surface area contributed by atoms with Gasteiger partial charge in [0.25, 0.3) is 11.5 Å². The van der Waals surface area contributed by atoms with Crippen molar-refractivity contribution in [2.24, 2.45) is 7.05 Å². The number of pyridine rings is 1. The number of fused-ring (bicyclic) bond motifs is 1. The third-order valence-corrected chi connectivity index (χ3v) is 8.20. The number of piperidine rings is 1. The van der Waals surface area contributed by atoms with Crippen LogP contribution in [0.25, 0.3) is 22.0 Å². The van der Waals surface area contributed by atoms with Gasteiger partial charge in [-0.15, -0.1) is 0 Å². The molecule has 4 aromatic rings. The Morgan fingerprint density at radius 2 is 1.70 bits per heavy atom. The summed E-state index contributed by atoms with van der Waals surface area (Å²) in [7, 11) is 1.70. The molecule has 9 heteroatoms. The van der Waals surface area contributed by atoms with Gasteiger partial charge < -0.3 is 29.8 Å².